The molecule has 1 amide bonds. The summed E-state index contributed by atoms with van der Waals surface area (Å²) in [6.07, 6.45) is 5.67. The van der Waals surface area contributed by atoms with E-state index < -0.39 is 0 Å². The summed E-state index contributed by atoms with van der Waals surface area (Å²) in [5.74, 6) is 0.161. The Kier molecular flexibility index (Phi) is 4.85. The number of ether oxygens (including phenoxy) is 2. The highest BCUT2D eigenvalue weighted by Crippen LogP contribution is 2.37. The van der Waals surface area contributed by atoms with Crippen molar-refractivity contribution < 1.29 is 14.3 Å². The van der Waals surface area contributed by atoms with Gasteiger partial charge in [-0.05, 0) is 25.7 Å². The van der Waals surface area contributed by atoms with Gasteiger partial charge in [-0.25, -0.2) is 0 Å². The number of amides is 1. The summed E-state index contributed by atoms with van der Waals surface area (Å²) < 4.78 is 11.5. The average Bonchev–Trinajstić information content (AvgIpc) is 2.88. The summed E-state index contributed by atoms with van der Waals surface area (Å²) in [5.41, 5.74) is 0. The van der Waals surface area contributed by atoms with Gasteiger partial charge in [0.05, 0.1) is 13.2 Å². The highest BCUT2D eigenvalue weighted by molar-refractivity contribution is 5.78. The smallest absolute Gasteiger partial charge is 0.225 e. The average molecular weight is 269 g/mol. The van der Waals surface area contributed by atoms with Crippen LogP contribution in [0, 0.1) is 5.92 Å². The highest BCUT2D eigenvalue weighted by atomic mass is 16.7. The lowest BCUT2D eigenvalue weighted by Gasteiger charge is -2.39. The molecular formula is C15H27NO3. The third-order valence-corrected chi connectivity index (χ3v) is 4.76. The minimum Gasteiger partial charge on any atom is -0.348 e. The van der Waals surface area contributed by atoms with E-state index in [0.29, 0.717) is 25.2 Å². The van der Waals surface area contributed by atoms with E-state index in [1.165, 1.54) is 0 Å². The Morgan fingerprint density at radius 3 is 2.21 bits per heavy atom. The summed E-state index contributed by atoms with van der Waals surface area (Å²) in [6, 6.07) is 0.353. The van der Waals surface area contributed by atoms with Crippen LogP contribution in [0.2, 0.25) is 0 Å². The number of hydrogen-bond acceptors (Lipinski definition) is 3. The van der Waals surface area contributed by atoms with Gasteiger partial charge >= 0.3 is 0 Å². The van der Waals surface area contributed by atoms with Gasteiger partial charge in [-0.3, -0.25) is 4.79 Å². The molecule has 0 unspecified atom stereocenters. The van der Waals surface area contributed by atoms with Gasteiger partial charge in [0, 0.05) is 31.8 Å². The third-order valence-electron chi connectivity index (χ3n) is 4.76. The minimum atomic E-state index is -0.324. The highest BCUT2D eigenvalue weighted by Gasteiger charge is 2.41. The topological polar surface area (TPSA) is 38.8 Å². The number of hydrogen-bond donors (Lipinski definition) is 0. The van der Waals surface area contributed by atoms with E-state index >= 15 is 0 Å². The molecule has 1 saturated heterocycles. The second-order valence-corrected chi connectivity index (χ2v) is 5.80. The van der Waals surface area contributed by atoms with E-state index in [0.717, 1.165) is 38.5 Å². The first-order valence-electron chi connectivity index (χ1n) is 7.66. The molecule has 0 aromatic rings. The van der Waals surface area contributed by atoms with Gasteiger partial charge < -0.3 is 14.4 Å². The first-order chi connectivity index (χ1) is 9.12. The van der Waals surface area contributed by atoms with Gasteiger partial charge in [0.25, 0.3) is 0 Å². The van der Waals surface area contributed by atoms with Crippen molar-refractivity contribution in [1.82, 2.24) is 4.90 Å². The number of carbonyl (C=O) groups is 1. The van der Waals surface area contributed by atoms with E-state index in [4.69, 9.17) is 9.47 Å². The maximum atomic E-state index is 12.4. The quantitative estimate of drug-likeness (QED) is 0.787. The molecule has 1 aliphatic carbocycles. The molecule has 110 valence electrons. The molecular weight excluding hydrogens is 242 g/mol. The van der Waals surface area contributed by atoms with E-state index in [1.54, 1.807) is 0 Å². The zero-order valence-corrected chi connectivity index (χ0v) is 12.5. The molecule has 1 spiro atoms. The Hall–Kier alpha value is -0.610. The van der Waals surface area contributed by atoms with Crippen LogP contribution in [-0.2, 0) is 14.3 Å². The lowest BCUT2D eigenvalue weighted by Crippen LogP contribution is -2.46. The summed E-state index contributed by atoms with van der Waals surface area (Å²) in [5, 5.41) is 0. The predicted octanol–water partition coefficient (Wildman–Crippen LogP) is 2.57. The summed E-state index contributed by atoms with van der Waals surface area (Å²) in [6.45, 7) is 5.62. The zero-order valence-electron chi connectivity index (χ0n) is 12.5. The molecule has 2 aliphatic rings. The molecule has 0 aromatic heterocycles. The van der Waals surface area contributed by atoms with Crippen LogP contribution in [0.3, 0.4) is 0 Å². The second-order valence-electron chi connectivity index (χ2n) is 5.80. The van der Waals surface area contributed by atoms with E-state index in [-0.39, 0.29) is 11.7 Å². The van der Waals surface area contributed by atoms with Crippen LogP contribution in [-0.4, -0.2) is 42.9 Å². The fraction of sp³-hybridized carbons (Fsp3) is 0.933. The molecule has 0 N–H and O–H groups in total. The molecule has 1 aliphatic heterocycles. The SMILES string of the molecule is CCC(CC)C(=O)N(C)C1CCC2(CC1)OCCO2. The van der Waals surface area contributed by atoms with Crippen LogP contribution in [0.5, 0.6) is 0 Å². The van der Waals surface area contributed by atoms with Crippen LogP contribution < -0.4 is 0 Å². The summed E-state index contributed by atoms with van der Waals surface area (Å²) >= 11 is 0. The van der Waals surface area contributed by atoms with Crippen molar-refractivity contribution in [3.8, 4) is 0 Å². The van der Waals surface area contributed by atoms with Crippen molar-refractivity contribution in [1.29, 1.82) is 0 Å². The van der Waals surface area contributed by atoms with Gasteiger partial charge in [-0.1, -0.05) is 13.8 Å². The molecule has 1 saturated carbocycles. The number of carbonyl (C=O) groups excluding carboxylic acids is 1. The van der Waals surface area contributed by atoms with Crippen LogP contribution in [0.1, 0.15) is 52.4 Å². The van der Waals surface area contributed by atoms with Crippen LogP contribution in [0.15, 0.2) is 0 Å². The Labute approximate surface area is 116 Å². The Morgan fingerprint density at radius 1 is 1.21 bits per heavy atom. The fourth-order valence-electron chi connectivity index (χ4n) is 3.32. The van der Waals surface area contributed by atoms with Crippen molar-refractivity contribution in [3.05, 3.63) is 0 Å². The largest absolute Gasteiger partial charge is 0.348 e. The van der Waals surface area contributed by atoms with E-state index in [1.807, 2.05) is 11.9 Å². The van der Waals surface area contributed by atoms with E-state index in [2.05, 4.69) is 13.8 Å². The first-order valence-corrected chi connectivity index (χ1v) is 7.66. The second kappa shape index (κ2) is 6.23. The maximum Gasteiger partial charge on any atom is 0.225 e. The molecule has 0 atom stereocenters. The fourth-order valence-corrected chi connectivity index (χ4v) is 3.32. The van der Waals surface area contributed by atoms with Crippen LogP contribution in [0.25, 0.3) is 0 Å². The molecule has 0 radical (unpaired) electrons. The van der Waals surface area contributed by atoms with Gasteiger partial charge in [0.15, 0.2) is 5.79 Å². The maximum absolute atomic E-state index is 12.4. The van der Waals surface area contributed by atoms with Gasteiger partial charge in [-0.15, -0.1) is 0 Å². The molecule has 0 aromatic carbocycles. The third kappa shape index (κ3) is 3.11. The van der Waals surface area contributed by atoms with Gasteiger partial charge in [0.1, 0.15) is 0 Å². The van der Waals surface area contributed by atoms with Crippen molar-refractivity contribution in [2.24, 2.45) is 5.92 Å². The molecule has 4 heteroatoms. The normalized spacial score (nSPS) is 23.2. The van der Waals surface area contributed by atoms with Gasteiger partial charge in [0.2, 0.25) is 5.91 Å². The lowest BCUT2D eigenvalue weighted by atomic mass is 9.88. The Balaban J connectivity index is 1.88. The monoisotopic (exact) mass is 269 g/mol. The van der Waals surface area contributed by atoms with E-state index in [9.17, 15) is 4.79 Å². The Morgan fingerprint density at radius 2 is 1.74 bits per heavy atom. The summed E-state index contributed by atoms with van der Waals surface area (Å²) in [4.78, 5) is 14.4. The van der Waals surface area contributed by atoms with Crippen molar-refractivity contribution >= 4 is 5.91 Å². The lowest BCUT2D eigenvalue weighted by molar-refractivity contribution is -0.185. The number of rotatable bonds is 4. The molecule has 2 fully saturated rings. The Bertz CT molecular complexity index is 299. The molecule has 4 nitrogen and oxygen atoms in total. The molecule has 0 bridgehead atoms. The van der Waals surface area contributed by atoms with Crippen molar-refractivity contribution in [3.63, 3.8) is 0 Å². The molecule has 19 heavy (non-hydrogen) atoms. The van der Waals surface area contributed by atoms with Gasteiger partial charge in [-0.2, -0.15) is 0 Å². The predicted molar refractivity (Wildman–Crippen MR) is 73.7 cm³/mol. The van der Waals surface area contributed by atoms with Crippen LogP contribution >= 0.6 is 0 Å². The zero-order chi connectivity index (χ0) is 13.9. The number of nitrogens with zero attached hydrogens (tertiary/aromatic N) is 1. The van der Waals surface area contributed by atoms with Crippen molar-refractivity contribution in [2.75, 3.05) is 20.3 Å². The first kappa shape index (κ1) is 14.8. The molecule has 2 rings (SSSR count). The minimum absolute atomic E-state index is 0.180. The standard InChI is InChI=1S/C15H27NO3/c1-4-12(5-2)14(17)16(3)13-6-8-15(9-7-13)18-10-11-19-15/h12-13H,4-11H2,1-3H3. The summed E-state index contributed by atoms with van der Waals surface area (Å²) in [7, 11) is 1.96. The molecule has 1 heterocycles. The van der Waals surface area contributed by atoms with Crippen molar-refractivity contribution in [2.45, 2.75) is 64.2 Å². The van der Waals surface area contributed by atoms with Crippen LogP contribution in [0.4, 0.5) is 0 Å².